The van der Waals surface area contributed by atoms with E-state index >= 15 is 0 Å². The number of aromatic nitrogens is 1. The largest absolute Gasteiger partial charge is 0.416 e. The van der Waals surface area contributed by atoms with Crippen molar-refractivity contribution in [3.05, 3.63) is 77.3 Å². The molecule has 0 aliphatic carbocycles. The Bertz CT molecular complexity index is 1040. The Balaban J connectivity index is 1.49. The van der Waals surface area contributed by atoms with Crippen molar-refractivity contribution < 1.29 is 31.1 Å². The van der Waals surface area contributed by atoms with Gasteiger partial charge < -0.3 is 15.0 Å². The SMILES string of the molecule is C=C(NCc1cc(C(F)(F)F)cc(C(F)(F)F)c1)C1(Cc2ccncc2)CCN(CC2CCOCC2)CC1. The lowest BCUT2D eigenvalue weighted by Crippen LogP contribution is -2.46. The van der Waals surface area contributed by atoms with Crippen LogP contribution in [0, 0.1) is 11.3 Å². The first kappa shape index (κ1) is 28.4. The molecule has 2 fully saturated rings. The van der Waals surface area contributed by atoms with Crippen molar-refractivity contribution in [1.29, 1.82) is 0 Å². The van der Waals surface area contributed by atoms with Crippen LogP contribution in [0.2, 0.25) is 0 Å². The maximum atomic E-state index is 13.3. The van der Waals surface area contributed by atoms with Gasteiger partial charge in [-0.2, -0.15) is 26.3 Å². The van der Waals surface area contributed by atoms with Crippen LogP contribution in [-0.4, -0.2) is 42.7 Å². The fourth-order valence-corrected chi connectivity index (χ4v) is 5.45. The number of nitrogens with zero attached hydrogens (tertiary/aromatic N) is 2. The number of benzene rings is 1. The second-order valence-corrected chi connectivity index (χ2v) is 10.4. The molecule has 10 heteroatoms. The number of nitrogens with one attached hydrogen (secondary N) is 1. The molecule has 0 atom stereocenters. The van der Waals surface area contributed by atoms with Crippen molar-refractivity contribution >= 4 is 0 Å². The van der Waals surface area contributed by atoms with Gasteiger partial charge in [-0.25, -0.2) is 0 Å². The number of piperidine rings is 1. The van der Waals surface area contributed by atoms with Gasteiger partial charge in [0.2, 0.25) is 0 Å². The number of ether oxygens (including phenoxy) is 1. The third-order valence-electron chi connectivity index (χ3n) is 7.76. The standard InChI is InChI=1S/C28H33F6N3O/c1-20(36-18-23-14-24(27(29,30)31)16-25(15-23)28(32,33)34)26(17-21-2-8-35-9-3-21)6-10-37(11-7-26)19-22-4-12-38-13-5-22/h2-3,8-9,14-16,22,36H,1,4-7,10-13,17-19H2. The summed E-state index contributed by atoms with van der Waals surface area (Å²) in [4.78, 5) is 6.52. The lowest BCUT2D eigenvalue weighted by atomic mass is 9.71. The number of likely N-dealkylation sites (tertiary alicyclic amines) is 1. The van der Waals surface area contributed by atoms with Crippen LogP contribution in [0.4, 0.5) is 26.3 Å². The average Bonchev–Trinajstić information content (AvgIpc) is 2.88. The molecule has 1 N–H and O–H groups in total. The molecule has 4 rings (SSSR count). The first-order valence-electron chi connectivity index (χ1n) is 12.9. The molecule has 2 aliphatic heterocycles. The zero-order valence-electron chi connectivity index (χ0n) is 21.2. The van der Waals surface area contributed by atoms with E-state index in [1.165, 1.54) is 0 Å². The van der Waals surface area contributed by atoms with Gasteiger partial charge in [-0.3, -0.25) is 4.98 Å². The van der Waals surface area contributed by atoms with E-state index in [0.717, 1.165) is 76.2 Å². The lowest BCUT2D eigenvalue weighted by Gasteiger charge is -2.44. The number of rotatable bonds is 8. The van der Waals surface area contributed by atoms with Crippen molar-refractivity contribution in [1.82, 2.24) is 15.2 Å². The molecular weight excluding hydrogens is 508 g/mol. The van der Waals surface area contributed by atoms with Crippen molar-refractivity contribution in [3.63, 3.8) is 0 Å². The highest BCUT2D eigenvalue weighted by atomic mass is 19.4. The Morgan fingerprint density at radius 3 is 2.08 bits per heavy atom. The second kappa shape index (κ2) is 11.7. The summed E-state index contributed by atoms with van der Waals surface area (Å²) in [6, 6.07) is 5.53. The van der Waals surface area contributed by atoms with Gasteiger partial charge in [-0.05, 0) is 92.6 Å². The summed E-state index contributed by atoms with van der Waals surface area (Å²) >= 11 is 0. The average molecular weight is 542 g/mol. The fourth-order valence-electron chi connectivity index (χ4n) is 5.45. The van der Waals surface area contributed by atoms with Crippen LogP contribution in [0.25, 0.3) is 0 Å². The summed E-state index contributed by atoms with van der Waals surface area (Å²) in [7, 11) is 0. The highest BCUT2D eigenvalue weighted by Gasteiger charge is 2.39. The smallest absolute Gasteiger partial charge is 0.384 e. The van der Waals surface area contributed by atoms with Crippen LogP contribution < -0.4 is 5.32 Å². The third-order valence-corrected chi connectivity index (χ3v) is 7.76. The molecule has 208 valence electrons. The van der Waals surface area contributed by atoms with Gasteiger partial charge >= 0.3 is 12.4 Å². The van der Waals surface area contributed by atoms with E-state index in [0.29, 0.717) is 18.0 Å². The first-order valence-corrected chi connectivity index (χ1v) is 12.9. The minimum atomic E-state index is -4.88. The molecule has 3 heterocycles. The molecule has 0 saturated carbocycles. The second-order valence-electron chi connectivity index (χ2n) is 10.4. The molecule has 38 heavy (non-hydrogen) atoms. The summed E-state index contributed by atoms with van der Waals surface area (Å²) in [5.74, 6) is 0.599. The fraction of sp³-hybridized carbons (Fsp3) is 0.536. The van der Waals surface area contributed by atoms with Crippen LogP contribution in [0.5, 0.6) is 0 Å². The van der Waals surface area contributed by atoms with Crippen LogP contribution >= 0.6 is 0 Å². The molecule has 0 spiro atoms. The highest BCUT2D eigenvalue weighted by Crippen LogP contribution is 2.41. The molecule has 2 aromatic rings. The number of alkyl halides is 6. The van der Waals surface area contributed by atoms with Gasteiger partial charge in [0.05, 0.1) is 11.1 Å². The number of hydrogen-bond acceptors (Lipinski definition) is 4. The van der Waals surface area contributed by atoms with E-state index in [9.17, 15) is 26.3 Å². The van der Waals surface area contributed by atoms with E-state index in [2.05, 4.69) is 21.8 Å². The molecule has 2 saturated heterocycles. The topological polar surface area (TPSA) is 37.4 Å². The molecule has 0 amide bonds. The van der Waals surface area contributed by atoms with E-state index in [4.69, 9.17) is 4.74 Å². The van der Waals surface area contributed by atoms with Gasteiger partial charge in [-0.15, -0.1) is 0 Å². The summed E-state index contributed by atoms with van der Waals surface area (Å²) in [6.45, 7) is 8.31. The molecule has 4 nitrogen and oxygen atoms in total. The number of allylic oxidation sites excluding steroid dienone is 1. The maximum Gasteiger partial charge on any atom is 0.416 e. The van der Waals surface area contributed by atoms with Gasteiger partial charge in [0.15, 0.2) is 0 Å². The Labute approximate surface area is 219 Å². The summed E-state index contributed by atoms with van der Waals surface area (Å²) in [5, 5.41) is 3.10. The molecular formula is C28H33F6N3O. The summed E-state index contributed by atoms with van der Waals surface area (Å²) < 4.78 is 85.3. The predicted molar refractivity (Wildman–Crippen MR) is 132 cm³/mol. The van der Waals surface area contributed by atoms with Crippen LogP contribution in [0.1, 0.15) is 47.9 Å². The summed E-state index contributed by atoms with van der Waals surface area (Å²) in [6.07, 6.45) is -2.04. The Morgan fingerprint density at radius 1 is 0.947 bits per heavy atom. The Hall–Kier alpha value is -2.59. The number of halogens is 6. The van der Waals surface area contributed by atoms with Crippen molar-refractivity contribution in [3.8, 4) is 0 Å². The lowest BCUT2D eigenvalue weighted by molar-refractivity contribution is -0.143. The van der Waals surface area contributed by atoms with E-state index < -0.39 is 23.5 Å². The minimum Gasteiger partial charge on any atom is -0.384 e. The van der Waals surface area contributed by atoms with Crippen molar-refractivity contribution in [2.75, 3.05) is 32.8 Å². The van der Waals surface area contributed by atoms with Gasteiger partial charge in [0.25, 0.3) is 0 Å². The monoisotopic (exact) mass is 541 g/mol. The van der Waals surface area contributed by atoms with Gasteiger partial charge in [0, 0.05) is 49.8 Å². The Kier molecular flexibility index (Phi) is 8.72. The van der Waals surface area contributed by atoms with Crippen LogP contribution in [0.3, 0.4) is 0 Å². The zero-order chi connectivity index (χ0) is 27.4. The molecule has 2 aliphatic rings. The van der Waals surface area contributed by atoms with Crippen molar-refractivity contribution in [2.24, 2.45) is 11.3 Å². The third kappa shape index (κ3) is 7.28. The molecule has 0 bridgehead atoms. The quantitative estimate of drug-likeness (QED) is 0.389. The molecule has 1 aromatic heterocycles. The van der Waals surface area contributed by atoms with E-state index in [1.807, 2.05) is 12.1 Å². The zero-order valence-corrected chi connectivity index (χ0v) is 21.2. The van der Waals surface area contributed by atoms with E-state index in [-0.39, 0.29) is 23.6 Å². The first-order chi connectivity index (χ1) is 17.9. The minimum absolute atomic E-state index is 0.0932. The predicted octanol–water partition coefficient (Wildman–Crippen LogP) is 6.47. The normalized spacial score (nSPS) is 19.3. The van der Waals surface area contributed by atoms with E-state index in [1.54, 1.807) is 12.4 Å². The molecule has 0 unspecified atom stereocenters. The van der Waals surface area contributed by atoms with Gasteiger partial charge in [0.1, 0.15) is 0 Å². The number of hydrogen-bond donors (Lipinski definition) is 1. The maximum absolute atomic E-state index is 13.3. The van der Waals surface area contributed by atoms with Crippen molar-refractivity contribution in [2.45, 2.75) is 51.0 Å². The van der Waals surface area contributed by atoms with Crippen LogP contribution in [-0.2, 0) is 30.1 Å². The molecule has 1 aromatic carbocycles. The van der Waals surface area contributed by atoms with Gasteiger partial charge in [-0.1, -0.05) is 6.58 Å². The highest BCUT2D eigenvalue weighted by molar-refractivity contribution is 5.34. The molecule has 0 radical (unpaired) electrons. The summed E-state index contributed by atoms with van der Waals surface area (Å²) in [5.41, 5.74) is -1.43. The Morgan fingerprint density at radius 2 is 1.53 bits per heavy atom. The van der Waals surface area contributed by atoms with Crippen LogP contribution in [0.15, 0.2) is 55.0 Å². The number of pyridine rings is 1.